The van der Waals surface area contributed by atoms with Gasteiger partial charge >= 0.3 is 6.03 Å². The van der Waals surface area contributed by atoms with Crippen molar-refractivity contribution in [3.05, 3.63) is 42.0 Å². The number of anilines is 1. The van der Waals surface area contributed by atoms with E-state index >= 15 is 0 Å². The summed E-state index contributed by atoms with van der Waals surface area (Å²) in [5, 5.41) is 2.24. The first kappa shape index (κ1) is 16.2. The minimum absolute atomic E-state index is 0.00500. The van der Waals surface area contributed by atoms with Crippen LogP contribution >= 0.6 is 0 Å². The Balaban J connectivity index is 1.70. The Morgan fingerprint density at radius 2 is 2.00 bits per heavy atom. The van der Waals surface area contributed by atoms with E-state index < -0.39 is 6.03 Å². The van der Waals surface area contributed by atoms with Crippen LogP contribution in [0.25, 0.3) is 0 Å². The number of nitrogens with zero attached hydrogens (tertiary/aromatic N) is 2. The summed E-state index contributed by atoms with van der Waals surface area (Å²) in [5.74, 6) is -0.323. The molecule has 1 aromatic rings. The van der Waals surface area contributed by atoms with Crippen molar-refractivity contribution in [3.8, 4) is 0 Å². The van der Waals surface area contributed by atoms with Gasteiger partial charge in [-0.15, -0.1) is 0 Å². The molecule has 0 unspecified atom stereocenters. The first-order chi connectivity index (χ1) is 11.6. The molecule has 6 heteroatoms. The zero-order chi connectivity index (χ0) is 17.1. The lowest BCUT2D eigenvalue weighted by Crippen LogP contribution is -2.36. The quantitative estimate of drug-likeness (QED) is 0.666. The van der Waals surface area contributed by atoms with Crippen LogP contribution in [0.3, 0.4) is 0 Å². The van der Waals surface area contributed by atoms with Crippen molar-refractivity contribution in [1.29, 1.82) is 0 Å². The Kier molecular flexibility index (Phi) is 4.64. The number of hydrogen-bond acceptors (Lipinski definition) is 3. The van der Waals surface area contributed by atoms with Crippen LogP contribution in [-0.4, -0.2) is 41.9 Å². The fourth-order valence-electron chi connectivity index (χ4n) is 3.07. The molecule has 0 spiro atoms. The number of amides is 4. The van der Waals surface area contributed by atoms with Gasteiger partial charge in [-0.3, -0.25) is 19.8 Å². The van der Waals surface area contributed by atoms with Gasteiger partial charge in [-0.25, -0.2) is 4.79 Å². The van der Waals surface area contributed by atoms with Gasteiger partial charge in [0.15, 0.2) is 0 Å². The molecule has 0 bridgehead atoms. The van der Waals surface area contributed by atoms with Crippen molar-refractivity contribution in [2.75, 3.05) is 18.0 Å². The molecule has 2 heterocycles. The van der Waals surface area contributed by atoms with Crippen LogP contribution in [0.4, 0.5) is 10.5 Å². The highest BCUT2D eigenvalue weighted by Gasteiger charge is 2.29. The molecule has 1 N–H and O–H groups in total. The summed E-state index contributed by atoms with van der Waals surface area (Å²) in [6.45, 7) is 2.79. The number of urea groups is 1. The van der Waals surface area contributed by atoms with E-state index in [4.69, 9.17) is 0 Å². The SMILES string of the molecule is CCCC[C@H]1C=CCN1C(=O)c1ccc(N2CC(=O)NC2=O)cc1. The molecule has 1 fully saturated rings. The summed E-state index contributed by atoms with van der Waals surface area (Å²) < 4.78 is 0. The lowest BCUT2D eigenvalue weighted by atomic mass is 10.1. The van der Waals surface area contributed by atoms with Gasteiger partial charge in [0.2, 0.25) is 5.91 Å². The summed E-state index contributed by atoms with van der Waals surface area (Å²) in [6, 6.07) is 6.57. The molecule has 0 aliphatic carbocycles. The molecule has 24 heavy (non-hydrogen) atoms. The molecular weight excluding hydrogens is 306 g/mol. The molecule has 2 aliphatic heterocycles. The number of benzene rings is 1. The summed E-state index contributed by atoms with van der Waals surface area (Å²) in [7, 11) is 0. The van der Waals surface area contributed by atoms with Gasteiger partial charge in [0.05, 0.1) is 6.04 Å². The second-order valence-corrected chi connectivity index (χ2v) is 6.08. The Bertz CT molecular complexity index is 681. The Labute approximate surface area is 141 Å². The van der Waals surface area contributed by atoms with Crippen LogP contribution in [0, 0.1) is 0 Å². The maximum Gasteiger partial charge on any atom is 0.329 e. The molecule has 2 aliphatic rings. The third-order valence-electron chi connectivity index (χ3n) is 4.39. The van der Waals surface area contributed by atoms with Crippen molar-refractivity contribution in [2.45, 2.75) is 32.2 Å². The third kappa shape index (κ3) is 3.18. The summed E-state index contributed by atoms with van der Waals surface area (Å²) >= 11 is 0. The van der Waals surface area contributed by atoms with Gasteiger partial charge in [-0.05, 0) is 30.7 Å². The maximum atomic E-state index is 12.7. The predicted octanol–water partition coefficient (Wildman–Crippen LogP) is 2.31. The second-order valence-electron chi connectivity index (χ2n) is 6.08. The van der Waals surface area contributed by atoms with Crippen molar-refractivity contribution < 1.29 is 14.4 Å². The third-order valence-corrected chi connectivity index (χ3v) is 4.39. The molecule has 1 saturated heterocycles. The van der Waals surface area contributed by atoms with E-state index in [9.17, 15) is 14.4 Å². The molecule has 126 valence electrons. The highest BCUT2D eigenvalue weighted by Crippen LogP contribution is 2.22. The zero-order valence-corrected chi connectivity index (χ0v) is 13.7. The van der Waals surface area contributed by atoms with Gasteiger partial charge in [0, 0.05) is 17.8 Å². The predicted molar refractivity (Wildman–Crippen MR) is 90.8 cm³/mol. The first-order valence-corrected chi connectivity index (χ1v) is 8.29. The smallest absolute Gasteiger partial charge is 0.328 e. The number of carbonyl (C=O) groups is 3. The number of unbranched alkanes of at least 4 members (excludes halogenated alkanes) is 1. The van der Waals surface area contributed by atoms with E-state index in [0.29, 0.717) is 17.8 Å². The summed E-state index contributed by atoms with van der Waals surface area (Å²) in [6.07, 6.45) is 7.31. The summed E-state index contributed by atoms with van der Waals surface area (Å²) in [4.78, 5) is 38.9. The van der Waals surface area contributed by atoms with E-state index in [1.54, 1.807) is 24.3 Å². The molecule has 0 saturated carbocycles. The number of carbonyl (C=O) groups excluding carboxylic acids is 3. The fraction of sp³-hybridized carbons (Fsp3) is 0.389. The Morgan fingerprint density at radius 3 is 2.62 bits per heavy atom. The topological polar surface area (TPSA) is 69.7 Å². The van der Waals surface area contributed by atoms with Crippen molar-refractivity contribution >= 4 is 23.5 Å². The molecule has 4 amide bonds. The fourth-order valence-corrected chi connectivity index (χ4v) is 3.07. The normalized spacial score (nSPS) is 20.0. The summed E-state index contributed by atoms with van der Waals surface area (Å²) in [5.41, 5.74) is 1.20. The van der Waals surface area contributed by atoms with Gasteiger partial charge in [0.1, 0.15) is 6.54 Å². The molecule has 0 aromatic heterocycles. The van der Waals surface area contributed by atoms with Crippen LogP contribution < -0.4 is 10.2 Å². The van der Waals surface area contributed by atoms with Crippen molar-refractivity contribution in [3.63, 3.8) is 0 Å². The molecular formula is C18H21N3O3. The van der Waals surface area contributed by atoms with Gasteiger partial charge < -0.3 is 4.90 Å². The molecule has 1 aromatic carbocycles. The van der Waals surface area contributed by atoms with Crippen LogP contribution in [0.5, 0.6) is 0 Å². The van der Waals surface area contributed by atoms with E-state index in [0.717, 1.165) is 19.3 Å². The minimum Gasteiger partial charge on any atom is -0.328 e. The molecule has 1 atom stereocenters. The number of rotatable bonds is 5. The van der Waals surface area contributed by atoms with Gasteiger partial charge in [0.25, 0.3) is 5.91 Å². The number of imide groups is 1. The monoisotopic (exact) mass is 327 g/mol. The minimum atomic E-state index is -0.428. The first-order valence-electron chi connectivity index (χ1n) is 8.29. The van der Waals surface area contributed by atoms with E-state index in [-0.39, 0.29) is 24.4 Å². The van der Waals surface area contributed by atoms with Crippen LogP contribution in [0.15, 0.2) is 36.4 Å². The molecule has 0 radical (unpaired) electrons. The second kappa shape index (κ2) is 6.86. The van der Waals surface area contributed by atoms with Gasteiger partial charge in [-0.2, -0.15) is 0 Å². The van der Waals surface area contributed by atoms with Crippen molar-refractivity contribution in [2.24, 2.45) is 0 Å². The lowest BCUT2D eigenvalue weighted by Gasteiger charge is -2.25. The Hall–Kier alpha value is -2.63. The number of hydrogen-bond donors (Lipinski definition) is 1. The van der Waals surface area contributed by atoms with Crippen LogP contribution in [-0.2, 0) is 4.79 Å². The highest BCUT2D eigenvalue weighted by molar-refractivity contribution is 6.12. The Morgan fingerprint density at radius 1 is 1.25 bits per heavy atom. The average molecular weight is 327 g/mol. The van der Waals surface area contributed by atoms with E-state index in [2.05, 4.69) is 18.3 Å². The lowest BCUT2D eigenvalue weighted by molar-refractivity contribution is -0.117. The van der Waals surface area contributed by atoms with Crippen LogP contribution in [0.2, 0.25) is 0 Å². The maximum absolute atomic E-state index is 12.7. The molecule has 6 nitrogen and oxygen atoms in total. The van der Waals surface area contributed by atoms with E-state index in [1.807, 2.05) is 11.0 Å². The largest absolute Gasteiger partial charge is 0.329 e. The van der Waals surface area contributed by atoms with Crippen LogP contribution in [0.1, 0.15) is 36.5 Å². The molecule has 3 rings (SSSR count). The van der Waals surface area contributed by atoms with Gasteiger partial charge in [-0.1, -0.05) is 31.9 Å². The zero-order valence-electron chi connectivity index (χ0n) is 13.7. The van der Waals surface area contributed by atoms with E-state index in [1.165, 1.54) is 4.90 Å². The standard InChI is InChI=1S/C18H21N3O3/c1-2-3-5-14-6-4-11-20(14)17(23)13-7-9-15(10-8-13)21-12-16(22)19-18(21)24/h4,6-10,14H,2-3,5,11-12H2,1H3,(H,19,22,24)/t14-/m0/s1. The van der Waals surface area contributed by atoms with Crippen molar-refractivity contribution in [1.82, 2.24) is 10.2 Å². The highest BCUT2D eigenvalue weighted by atomic mass is 16.2. The average Bonchev–Trinajstić information content (AvgIpc) is 3.18. The number of nitrogens with one attached hydrogen (secondary N) is 1.